The predicted molar refractivity (Wildman–Crippen MR) is 71.5 cm³/mol. The summed E-state index contributed by atoms with van der Waals surface area (Å²) in [5.74, 6) is 1.19. The summed E-state index contributed by atoms with van der Waals surface area (Å²) < 4.78 is 0. The maximum absolute atomic E-state index is 11.5. The standard InChI is InChI=1S/C13H23NO2S/c1-9(2)8-17-11-5-6-13(7-11,12(15)16)14-10-3-4-10/h9-11,14H,3-8H2,1-2H3,(H,15,16). The van der Waals surface area contributed by atoms with Crippen LogP contribution in [0.15, 0.2) is 0 Å². The topological polar surface area (TPSA) is 49.3 Å². The van der Waals surface area contributed by atoms with Gasteiger partial charge in [0.25, 0.3) is 0 Å². The molecule has 2 unspecified atom stereocenters. The van der Waals surface area contributed by atoms with Gasteiger partial charge < -0.3 is 5.11 Å². The third-order valence-corrected chi connectivity index (χ3v) is 5.33. The molecular formula is C13H23NO2S. The Kier molecular flexibility index (Phi) is 4.03. The average molecular weight is 257 g/mol. The van der Waals surface area contributed by atoms with Crippen molar-refractivity contribution < 1.29 is 9.90 Å². The van der Waals surface area contributed by atoms with Crippen molar-refractivity contribution >= 4 is 17.7 Å². The molecule has 0 aromatic heterocycles. The second-order valence-corrected chi connectivity index (χ2v) is 7.23. The van der Waals surface area contributed by atoms with Crippen LogP contribution in [-0.2, 0) is 4.79 Å². The van der Waals surface area contributed by atoms with Gasteiger partial charge in [-0.2, -0.15) is 11.8 Å². The first-order valence-electron chi connectivity index (χ1n) is 6.64. The Labute approximate surface area is 108 Å². The van der Waals surface area contributed by atoms with E-state index in [0.29, 0.717) is 17.2 Å². The van der Waals surface area contributed by atoms with Crippen molar-refractivity contribution in [2.75, 3.05) is 5.75 Å². The van der Waals surface area contributed by atoms with Crippen molar-refractivity contribution in [2.45, 2.75) is 62.8 Å². The zero-order valence-electron chi connectivity index (χ0n) is 10.7. The molecule has 0 aliphatic heterocycles. The number of thioether (sulfide) groups is 1. The van der Waals surface area contributed by atoms with E-state index in [-0.39, 0.29) is 0 Å². The maximum Gasteiger partial charge on any atom is 0.323 e. The first kappa shape index (κ1) is 13.2. The van der Waals surface area contributed by atoms with E-state index in [9.17, 15) is 9.90 Å². The summed E-state index contributed by atoms with van der Waals surface area (Å²) in [6, 6.07) is 0.472. The Bertz CT molecular complexity index is 291. The van der Waals surface area contributed by atoms with Gasteiger partial charge in [0.15, 0.2) is 0 Å². The molecule has 0 saturated heterocycles. The summed E-state index contributed by atoms with van der Waals surface area (Å²) in [5, 5.41) is 13.4. The number of carboxylic acids is 1. The van der Waals surface area contributed by atoms with E-state index in [2.05, 4.69) is 19.2 Å². The molecule has 0 amide bonds. The minimum Gasteiger partial charge on any atom is -0.480 e. The van der Waals surface area contributed by atoms with Gasteiger partial charge in [0.1, 0.15) is 5.54 Å². The van der Waals surface area contributed by atoms with Crippen LogP contribution in [0.1, 0.15) is 46.0 Å². The zero-order valence-corrected chi connectivity index (χ0v) is 11.6. The fourth-order valence-corrected chi connectivity index (χ4v) is 3.82. The fourth-order valence-electron chi connectivity index (χ4n) is 2.48. The molecule has 2 aliphatic rings. The normalized spacial score (nSPS) is 33.2. The van der Waals surface area contributed by atoms with Crippen LogP contribution in [0.3, 0.4) is 0 Å². The van der Waals surface area contributed by atoms with Crippen molar-refractivity contribution in [3.63, 3.8) is 0 Å². The van der Waals surface area contributed by atoms with Crippen LogP contribution >= 0.6 is 11.8 Å². The third kappa shape index (κ3) is 3.38. The molecule has 2 saturated carbocycles. The number of carbonyl (C=O) groups is 1. The first-order chi connectivity index (χ1) is 8.02. The largest absolute Gasteiger partial charge is 0.480 e. The van der Waals surface area contributed by atoms with E-state index >= 15 is 0 Å². The number of aliphatic carboxylic acids is 1. The van der Waals surface area contributed by atoms with Gasteiger partial charge in [-0.05, 0) is 43.8 Å². The minimum absolute atomic E-state index is 0.472. The van der Waals surface area contributed by atoms with Crippen LogP contribution in [0.4, 0.5) is 0 Å². The van der Waals surface area contributed by atoms with Crippen LogP contribution < -0.4 is 5.32 Å². The Morgan fingerprint density at radius 1 is 1.47 bits per heavy atom. The monoisotopic (exact) mass is 257 g/mol. The second kappa shape index (κ2) is 5.19. The summed E-state index contributed by atoms with van der Waals surface area (Å²) in [7, 11) is 0. The molecule has 2 N–H and O–H groups in total. The lowest BCUT2D eigenvalue weighted by molar-refractivity contribution is -0.144. The Morgan fingerprint density at radius 3 is 2.71 bits per heavy atom. The highest BCUT2D eigenvalue weighted by Crippen LogP contribution is 2.40. The summed E-state index contributed by atoms with van der Waals surface area (Å²) >= 11 is 1.96. The maximum atomic E-state index is 11.5. The Hall–Kier alpha value is -0.220. The van der Waals surface area contributed by atoms with Crippen LogP contribution in [0.5, 0.6) is 0 Å². The SMILES string of the molecule is CC(C)CSC1CCC(NC2CC2)(C(=O)O)C1. The third-order valence-electron chi connectivity index (χ3n) is 3.60. The fraction of sp³-hybridized carbons (Fsp3) is 0.923. The van der Waals surface area contributed by atoms with Gasteiger partial charge in [-0.25, -0.2) is 0 Å². The van der Waals surface area contributed by atoms with Gasteiger partial charge >= 0.3 is 5.97 Å². The molecule has 2 atom stereocenters. The van der Waals surface area contributed by atoms with E-state index in [1.165, 1.54) is 0 Å². The highest BCUT2D eigenvalue weighted by atomic mass is 32.2. The average Bonchev–Trinajstić information content (AvgIpc) is 2.94. The second-order valence-electron chi connectivity index (χ2n) is 5.90. The number of rotatable bonds is 6. The molecule has 0 spiro atoms. The number of carboxylic acid groups (broad SMARTS) is 1. The highest BCUT2D eigenvalue weighted by molar-refractivity contribution is 7.99. The molecule has 4 heteroatoms. The quantitative estimate of drug-likeness (QED) is 0.767. The number of hydrogen-bond acceptors (Lipinski definition) is 3. The summed E-state index contributed by atoms with van der Waals surface area (Å²) in [5.41, 5.74) is -0.615. The summed E-state index contributed by atoms with van der Waals surface area (Å²) in [6.07, 6.45) is 4.95. The van der Waals surface area contributed by atoms with E-state index in [4.69, 9.17) is 0 Å². The smallest absolute Gasteiger partial charge is 0.323 e. The Balaban J connectivity index is 1.88. The van der Waals surface area contributed by atoms with Gasteiger partial charge in [0.05, 0.1) is 0 Å². The van der Waals surface area contributed by atoms with E-state index in [1.807, 2.05) is 11.8 Å². The highest BCUT2D eigenvalue weighted by Gasteiger charge is 2.48. The zero-order chi connectivity index (χ0) is 12.5. The van der Waals surface area contributed by atoms with Crippen molar-refractivity contribution in [3.05, 3.63) is 0 Å². The summed E-state index contributed by atoms with van der Waals surface area (Å²) in [4.78, 5) is 11.5. The van der Waals surface area contributed by atoms with Gasteiger partial charge in [0, 0.05) is 11.3 Å². The molecule has 0 heterocycles. The summed E-state index contributed by atoms with van der Waals surface area (Å²) in [6.45, 7) is 4.43. The molecule has 0 aromatic carbocycles. The lowest BCUT2D eigenvalue weighted by Gasteiger charge is -2.26. The van der Waals surface area contributed by atoms with Gasteiger partial charge in [-0.15, -0.1) is 0 Å². The molecule has 17 heavy (non-hydrogen) atoms. The predicted octanol–water partition coefficient (Wildman–Crippen LogP) is 2.50. The molecule has 0 radical (unpaired) electrons. The lowest BCUT2D eigenvalue weighted by Crippen LogP contribution is -2.51. The molecule has 98 valence electrons. The number of hydrogen-bond donors (Lipinski definition) is 2. The van der Waals surface area contributed by atoms with E-state index < -0.39 is 11.5 Å². The molecule has 0 aromatic rings. The van der Waals surface area contributed by atoms with Gasteiger partial charge in [-0.3, -0.25) is 10.1 Å². The van der Waals surface area contributed by atoms with Crippen LogP contribution in [0.25, 0.3) is 0 Å². The van der Waals surface area contributed by atoms with Crippen molar-refractivity contribution in [1.82, 2.24) is 5.32 Å². The van der Waals surface area contributed by atoms with Gasteiger partial charge in [0.2, 0.25) is 0 Å². The molecule has 3 nitrogen and oxygen atoms in total. The van der Waals surface area contributed by atoms with Crippen molar-refractivity contribution in [2.24, 2.45) is 5.92 Å². The molecule has 2 fully saturated rings. The first-order valence-corrected chi connectivity index (χ1v) is 7.69. The van der Waals surface area contributed by atoms with Gasteiger partial charge in [-0.1, -0.05) is 13.8 Å². The molecule has 0 bridgehead atoms. The van der Waals surface area contributed by atoms with E-state index in [1.54, 1.807) is 0 Å². The van der Waals surface area contributed by atoms with Crippen LogP contribution in [0, 0.1) is 5.92 Å². The molecule has 2 aliphatic carbocycles. The van der Waals surface area contributed by atoms with Crippen molar-refractivity contribution in [3.8, 4) is 0 Å². The van der Waals surface area contributed by atoms with E-state index in [0.717, 1.165) is 37.9 Å². The molecular weight excluding hydrogens is 234 g/mol. The van der Waals surface area contributed by atoms with Crippen LogP contribution in [-0.4, -0.2) is 33.7 Å². The molecule has 2 rings (SSSR count). The number of nitrogens with one attached hydrogen (secondary N) is 1. The Morgan fingerprint density at radius 2 is 2.18 bits per heavy atom. The van der Waals surface area contributed by atoms with Crippen molar-refractivity contribution in [1.29, 1.82) is 0 Å². The minimum atomic E-state index is -0.642. The van der Waals surface area contributed by atoms with Crippen LogP contribution in [0.2, 0.25) is 0 Å². The lowest BCUT2D eigenvalue weighted by atomic mass is 9.98.